The van der Waals surface area contributed by atoms with E-state index in [2.05, 4.69) is 33.9 Å². The highest BCUT2D eigenvalue weighted by atomic mass is 127. The summed E-state index contributed by atoms with van der Waals surface area (Å²) in [7, 11) is 1.91. The minimum absolute atomic E-state index is 0. The first-order valence-electron chi connectivity index (χ1n) is 5.75. The van der Waals surface area contributed by atoms with Crippen molar-refractivity contribution in [2.75, 3.05) is 25.1 Å². The van der Waals surface area contributed by atoms with Crippen LogP contribution in [-0.4, -0.2) is 40.8 Å². The first-order chi connectivity index (χ1) is 8.26. The van der Waals surface area contributed by atoms with Gasteiger partial charge < -0.3 is 10.6 Å². The number of nitrogens with one attached hydrogen (secondary N) is 2. The maximum Gasteiger partial charge on any atom is 0.191 e. The van der Waals surface area contributed by atoms with E-state index in [1.165, 1.54) is 0 Å². The summed E-state index contributed by atoms with van der Waals surface area (Å²) in [5.41, 5.74) is 1.12. The molecule has 1 heterocycles. The van der Waals surface area contributed by atoms with E-state index in [0.717, 1.165) is 30.4 Å². The van der Waals surface area contributed by atoms with Gasteiger partial charge in [-0.1, -0.05) is 0 Å². The van der Waals surface area contributed by atoms with Gasteiger partial charge in [0.25, 0.3) is 0 Å². The van der Waals surface area contributed by atoms with Crippen molar-refractivity contribution in [3.63, 3.8) is 0 Å². The van der Waals surface area contributed by atoms with E-state index in [1.807, 2.05) is 31.2 Å². The average molecular weight is 383 g/mol. The van der Waals surface area contributed by atoms with Crippen LogP contribution in [0.1, 0.15) is 12.5 Å². The number of guanidine groups is 1. The predicted octanol–water partition coefficient (Wildman–Crippen LogP) is 1.46. The van der Waals surface area contributed by atoms with Crippen LogP contribution < -0.4 is 10.6 Å². The minimum Gasteiger partial charge on any atom is -0.357 e. The van der Waals surface area contributed by atoms with Gasteiger partial charge in [0.15, 0.2) is 5.96 Å². The Morgan fingerprint density at radius 2 is 2.28 bits per heavy atom. The van der Waals surface area contributed by atoms with Crippen molar-refractivity contribution in [2.45, 2.75) is 13.5 Å². The molecule has 0 radical (unpaired) electrons. The van der Waals surface area contributed by atoms with Crippen molar-refractivity contribution in [2.24, 2.45) is 12.0 Å². The van der Waals surface area contributed by atoms with Crippen molar-refractivity contribution in [3.8, 4) is 0 Å². The first-order valence-corrected chi connectivity index (χ1v) is 7.14. The molecule has 0 saturated heterocycles. The number of aromatic nitrogens is 2. The van der Waals surface area contributed by atoms with Gasteiger partial charge in [-0.25, -0.2) is 4.99 Å². The van der Waals surface area contributed by atoms with E-state index in [9.17, 15) is 0 Å². The van der Waals surface area contributed by atoms with Crippen molar-refractivity contribution >= 4 is 41.7 Å². The number of rotatable bonds is 6. The third kappa shape index (κ3) is 7.10. The van der Waals surface area contributed by atoms with Crippen molar-refractivity contribution in [3.05, 3.63) is 18.0 Å². The van der Waals surface area contributed by atoms with Gasteiger partial charge >= 0.3 is 0 Å². The van der Waals surface area contributed by atoms with Crippen molar-refractivity contribution in [1.82, 2.24) is 20.4 Å². The predicted molar refractivity (Wildman–Crippen MR) is 89.8 cm³/mol. The van der Waals surface area contributed by atoms with Crippen LogP contribution in [0.5, 0.6) is 0 Å². The molecule has 0 aromatic carbocycles. The number of hydrogen-bond acceptors (Lipinski definition) is 3. The highest BCUT2D eigenvalue weighted by Crippen LogP contribution is 1.98. The quantitative estimate of drug-likeness (QED) is 0.338. The Hall–Kier alpha value is -0.440. The fraction of sp³-hybridized carbons (Fsp3) is 0.636. The number of aliphatic imine (C=N–C) groups is 1. The Bertz CT molecular complexity index is 353. The third-order valence-corrected chi connectivity index (χ3v) is 2.73. The Morgan fingerprint density at radius 1 is 1.50 bits per heavy atom. The molecule has 5 nitrogen and oxygen atoms in total. The van der Waals surface area contributed by atoms with Gasteiger partial charge in [-0.05, 0) is 13.2 Å². The molecule has 1 rings (SSSR count). The van der Waals surface area contributed by atoms with Crippen LogP contribution in [0.25, 0.3) is 0 Å². The molecule has 1 aromatic rings. The fourth-order valence-electron chi connectivity index (χ4n) is 1.34. The fourth-order valence-corrected chi connectivity index (χ4v) is 1.64. The Balaban J connectivity index is 0.00000289. The third-order valence-electron chi connectivity index (χ3n) is 2.12. The van der Waals surface area contributed by atoms with E-state index >= 15 is 0 Å². The summed E-state index contributed by atoms with van der Waals surface area (Å²) in [6.45, 7) is 4.52. The molecule has 7 heteroatoms. The molecule has 0 aliphatic rings. The SMILES string of the molecule is CCNC(=NCc1cnn(C)c1)NCCSC.I. The molecule has 0 amide bonds. The Labute approximate surface area is 130 Å². The number of aryl methyl sites for hydroxylation is 1. The standard InChI is InChI=1S/C11H21N5S.HI/c1-4-12-11(13-5-6-17-3)14-7-10-8-15-16(2)9-10;/h8-9H,4-7H2,1-3H3,(H2,12,13,14);1H. The lowest BCUT2D eigenvalue weighted by molar-refractivity contribution is 0.766. The van der Waals surface area contributed by atoms with Gasteiger partial charge in [0.2, 0.25) is 0 Å². The van der Waals surface area contributed by atoms with Gasteiger partial charge in [0.05, 0.1) is 12.7 Å². The topological polar surface area (TPSA) is 54.2 Å². The van der Waals surface area contributed by atoms with Crippen LogP contribution in [-0.2, 0) is 13.6 Å². The summed E-state index contributed by atoms with van der Waals surface area (Å²) in [6.07, 6.45) is 5.92. The maximum absolute atomic E-state index is 4.50. The van der Waals surface area contributed by atoms with Gasteiger partial charge in [-0.2, -0.15) is 16.9 Å². The minimum atomic E-state index is 0. The van der Waals surface area contributed by atoms with Gasteiger partial charge in [-0.15, -0.1) is 24.0 Å². The molecule has 104 valence electrons. The van der Waals surface area contributed by atoms with Gasteiger partial charge in [-0.3, -0.25) is 4.68 Å². The van der Waals surface area contributed by atoms with Gasteiger partial charge in [0, 0.05) is 37.7 Å². The number of nitrogens with zero attached hydrogens (tertiary/aromatic N) is 3. The smallest absolute Gasteiger partial charge is 0.191 e. The van der Waals surface area contributed by atoms with Crippen LogP contribution in [0.3, 0.4) is 0 Å². The lowest BCUT2D eigenvalue weighted by atomic mass is 10.4. The van der Waals surface area contributed by atoms with Gasteiger partial charge in [0.1, 0.15) is 0 Å². The zero-order valence-electron chi connectivity index (χ0n) is 11.1. The molecule has 0 atom stereocenters. The van der Waals surface area contributed by atoms with E-state index in [-0.39, 0.29) is 24.0 Å². The average Bonchev–Trinajstić information content (AvgIpc) is 2.72. The van der Waals surface area contributed by atoms with Crippen LogP contribution in [0.15, 0.2) is 17.4 Å². The largest absolute Gasteiger partial charge is 0.357 e. The molecule has 0 saturated carbocycles. The molecule has 1 aromatic heterocycles. The second-order valence-corrected chi connectivity index (χ2v) is 4.62. The summed E-state index contributed by atoms with van der Waals surface area (Å²) in [5, 5.41) is 10.6. The van der Waals surface area contributed by atoms with Crippen LogP contribution in [0.2, 0.25) is 0 Å². The Kier molecular flexibility index (Phi) is 10.2. The molecule has 0 spiro atoms. The van der Waals surface area contributed by atoms with Crippen LogP contribution in [0.4, 0.5) is 0 Å². The van der Waals surface area contributed by atoms with Crippen molar-refractivity contribution < 1.29 is 0 Å². The molecule has 0 aliphatic carbocycles. The lowest BCUT2D eigenvalue weighted by Gasteiger charge is -2.10. The molecule has 0 fully saturated rings. The molecular weight excluding hydrogens is 361 g/mol. The molecule has 0 bridgehead atoms. The number of thioether (sulfide) groups is 1. The first kappa shape index (κ1) is 17.6. The Morgan fingerprint density at radius 3 is 2.83 bits per heavy atom. The zero-order valence-corrected chi connectivity index (χ0v) is 14.3. The van der Waals surface area contributed by atoms with E-state index in [1.54, 1.807) is 4.68 Å². The normalized spacial score (nSPS) is 10.9. The summed E-state index contributed by atoms with van der Waals surface area (Å²) >= 11 is 1.82. The highest BCUT2D eigenvalue weighted by molar-refractivity contribution is 14.0. The maximum atomic E-state index is 4.50. The molecule has 2 N–H and O–H groups in total. The molecular formula is C11H22IN5S. The molecule has 0 aliphatic heterocycles. The monoisotopic (exact) mass is 383 g/mol. The zero-order chi connectivity index (χ0) is 12.5. The lowest BCUT2D eigenvalue weighted by Crippen LogP contribution is -2.38. The second kappa shape index (κ2) is 10.5. The highest BCUT2D eigenvalue weighted by Gasteiger charge is 1.98. The number of hydrogen-bond donors (Lipinski definition) is 2. The summed E-state index contributed by atoms with van der Waals surface area (Å²) in [6, 6.07) is 0. The van der Waals surface area contributed by atoms with Crippen LogP contribution in [0, 0.1) is 0 Å². The number of halogens is 1. The van der Waals surface area contributed by atoms with E-state index in [0.29, 0.717) is 6.54 Å². The second-order valence-electron chi connectivity index (χ2n) is 3.64. The summed E-state index contributed by atoms with van der Waals surface area (Å²) in [4.78, 5) is 4.50. The van der Waals surface area contributed by atoms with Crippen molar-refractivity contribution in [1.29, 1.82) is 0 Å². The van der Waals surface area contributed by atoms with E-state index in [4.69, 9.17) is 0 Å². The summed E-state index contributed by atoms with van der Waals surface area (Å²) < 4.78 is 1.79. The summed E-state index contributed by atoms with van der Waals surface area (Å²) in [5.74, 6) is 1.95. The molecule has 18 heavy (non-hydrogen) atoms. The molecule has 0 unspecified atom stereocenters. The van der Waals surface area contributed by atoms with Crippen LogP contribution >= 0.6 is 35.7 Å². The van der Waals surface area contributed by atoms with E-state index < -0.39 is 0 Å².